The van der Waals surface area contributed by atoms with Crippen molar-refractivity contribution >= 4 is 11.8 Å². The van der Waals surface area contributed by atoms with Crippen LogP contribution in [0.5, 0.6) is 0 Å². The number of likely N-dealkylation sites (tertiary alicyclic amines) is 1. The molecule has 20 heavy (non-hydrogen) atoms. The summed E-state index contributed by atoms with van der Waals surface area (Å²) in [6.07, 6.45) is 0.591. The lowest BCUT2D eigenvalue weighted by atomic mass is 9.95. The number of rotatable bonds is 4. The number of nitrogens with zero attached hydrogens (tertiary/aromatic N) is 1. The van der Waals surface area contributed by atoms with Crippen LogP contribution in [0.2, 0.25) is 0 Å². The third-order valence-electron chi connectivity index (χ3n) is 3.88. The van der Waals surface area contributed by atoms with Gasteiger partial charge in [0.25, 0.3) is 5.91 Å². The van der Waals surface area contributed by atoms with Crippen molar-refractivity contribution in [3.05, 3.63) is 23.2 Å². The van der Waals surface area contributed by atoms with Crippen LogP contribution in [0.4, 0.5) is 0 Å². The van der Waals surface area contributed by atoms with E-state index in [0.717, 1.165) is 6.54 Å². The zero-order valence-electron chi connectivity index (χ0n) is 12.1. The predicted octanol–water partition coefficient (Wildman–Crippen LogP) is 1.20. The molecule has 6 nitrogen and oxygen atoms in total. The molecule has 1 aromatic rings. The number of hydrogen-bond donors (Lipinski definition) is 2. The van der Waals surface area contributed by atoms with Crippen LogP contribution in [0.15, 0.2) is 10.5 Å². The van der Waals surface area contributed by atoms with E-state index in [1.54, 1.807) is 17.9 Å². The lowest BCUT2D eigenvalue weighted by Crippen LogP contribution is -2.30. The number of nitrogens with two attached hydrogens (primary N) is 1. The van der Waals surface area contributed by atoms with Gasteiger partial charge in [-0.05, 0) is 24.8 Å². The molecule has 2 rings (SSSR count). The Labute approximate surface area is 118 Å². The molecule has 0 aliphatic carbocycles. The van der Waals surface area contributed by atoms with Gasteiger partial charge in [0, 0.05) is 13.0 Å². The first kappa shape index (κ1) is 14.6. The fourth-order valence-corrected chi connectivity index (χ4v) is 2.51. The molecule has 2 amide bonds. The van der Waals surface area contributed by atoms with E-state index < -0.39 is 0 Å². The van der Waals surface area contributed by atoms with Gasteiger partial charge in [-0.3, -0.25) is 15.0 Å². The van der Waals surface area contributed by atoms with Crippen LogP contribution in [0.25, 0.3) is 0 Å². The number of nitrogens with one attached hydrogen (secondary N) is 1. The predicted molar refractivity (Wildman–Crippen MR) is 73.5 cm³/mol. The Balaban J connectivity index is 2.08. The third-order valence-corrected chi connectivity index (χ3v) is 3.88. The van der Waals surface area contributed by atoms with Gasteiger partial charge in [0.15, 0.2) is 0 Å². The number of furan rings is 1. The van der Waals surface area contributed by atoms with E-state index in [-0.39, 0.29) is 11.8 Å². The maximum atomic E-state index is 12.0. The average molecular weight is 279 g/mol. The summed E-state index contributed by atoms with van der Waals surface area (Å²) in [5.41, 5.74) is 2.49. The summed E-state index contributed by atoms with van der Waals surface area (Å²) in [5, 5.41) is 0. The number of amides is 2. The zero-order valence-corrected chi connectivity index (χ0v) is 12.1. The summed E-state index contributed by atoms with van der Waals surface area (Å²) in [6.45, 7) is 7.11. The van der Waals surface area contributed by atoms with Crippen LogP contribution in [0.1, 0.15) is 42.1 Å². The number of hydrazine groups is 1. The molecule has 3 N–H and O–H groups in total. The van der Waals surface area contributed by atoms with Gasteiger partial charge in [0.05, 0.1) is 12.1 Å². The summed E-state index contributed by atoms with van der Waals surface area (Å²) >= 11 is 0. The molecule has 0 aromatic carbocycles. The van der Waals surface area contributed by atoms with Gasteiger partial charge in [-0.1, -0.05) is 13.8 Å². The molecule has 1 fully saturated rings. The summed E-state index contributed by atoms with van der Waals surface area (Å²) in [4.78, 5) is 25.3. The Bertz CT molecular complexity index is 522. The standard InChI is InChI=1S/C14H21N3O3/c1-8(2)10-4-13(18)17(6-10)7-11-5-12(9(3)20-11)14(19)16-15/h5,8,10H,4,6-7,15H2,1-3H3,(H,16,19). The Morgan fingerprint density at radius 3 is 2.85 bits per heavy atom. The Morgan fingerprint density at radius 1 is 1.60 bits per heavy atom. The van der Waals surface area contributed by atoms with Crippen molar-refractivity contribution in [2.75, 3.05) is 6.54 Å². The summed E-state index contributed by atoms with van der Waals surface area (Å²) in [7, 11) is 0. The second-order valence-corrected chi connectivity index (χ2v) is 5.64. The second-order valence-electron chi connectivity index (χ2n) is 5.64. The third kappa shape index (κ3) is 2.85. The van der Waals surface area contributed by atoms with Crippen molar-refractivity contribution in [2.24, 2.45) is 17.7 Å². The monoisotopic (exact) mass is 279 g/mol. The molecular formula is C14H21N3O3. The lowest BCUT2D eigenvalue weighted by molar-refractivity contribution is -0.128. The lowest BCUT2D eigenvalue weighted by Gasteiger charge is -2.16. The molecule has 0 saturated carbocycles. The zero-order chi connectivity index (χ0) is 14.9. The minimum absolute atomic E-state index is 0.141. The fourth-order valence-electron chi connectivity index (χ4n) is 2.51. The first-order valence-electron chi connectivity index (χ1n) is 6.80. The van der Waals surface area contributed by atoms with Crippen LogP contribution in [0.3, 0.4) is 0 Å². The average Bonchev–Trinajstić information content (AvgIpc) is 2.93. The van der Waals surface area contributed by atoms with Gasteiger partial charge in [0.2, 0.25) is 5.91 Å². The van der Waals surface area contributed by atoms with E-state index in [4.69, 9.17) is 10.3 Å². The quantitative estimate of drug-likeness (QED) is 0.492. The van der Waals surface area contributed by atoms with Gasteiger partial charge in [-0.2, -0.15) is 0 Å². The number of aryl methyl sites for hydroxylation is 1. The molecule has 1 aliphatic rings. The van der Waals surface area contributed by atoms with Gasteiger partial charge < -0.3 is 9.32 Å². The topological polar surface area (TPSA) is 88.6 Å². The van der Waals surface area contributed by atoms with E-state index in [1.165, 1.54) is 0 Å². The minimum Gasteiger partial charge on any atom is -0.464 e. The largest absolute Gasteiger partial charge is 0.464 e. The summed E-state index contributed by atoms with van der Waals surface area (Å²) in [5.74, 6) is 6.87. The van der Waals surface area contributed by atoms with Crippen molar-refractivity contribution in [3.63, 3.8) is 0 Å². The Hall–Kier alpha value is -1.82. The molecule has 6 heteroatoms. The van der Waals surface area contributed by atoms with Crippen LogP contribution >= 0.6 is 0 Å². The Morgan fingerprint density at radius 2 is 2.30 bits per heavy atom. The molecule has 0 bridgehead atoms. The van der Waals surface area contributed by atoms with E-state index in [1.807, 2.05) is 0 Å². The van der Waals surface area contributed by atoms with Gasteiger partial charge in [0.1, 0.15) is 11.5 Å². The highest BCUT2D eigenvalue weighted by Gasteiger charge is 2.32. The number of carbonyl (C=O) groups excluding carboxylic acids is 2. The number of hydrogen-bond acceptors (Lipinski definition) is 4. The highest BCUT2D eigenvalue weighted by atomic mass is 16.3. The van der Waals surface area contributed by atoms with E-state index in [0.29, 0.717) is 41.9 Å². The molecule has 1 atom stereocenters. The van der Waals surface area contributed by atoms with E-state index in [9.17, 15) is 9.59 Å². The molecular weight excluding hydrogens is 258 g/mol. The van der Waals surface area contributed by atoms with Crippen molar-refractivity contribution in [3.8, 4) is 0 Å². The molecule has 1 saturated heterocycles. The van der Waals surface area contributed by atoms with E-state index in [2.05, 4.69) is 19.3 Å². The highest BCUT2D eigenvalue weighted by Crippen LogP contribution is 2.27. The number of nitrogen functional groups attached to an aromatic ring is 1. The maximum Gasteiger partial charge on any atom is 0.268 e. The molecule has 1 unspecified atom stereocenters. The summed E-state index contributed by atoms with van der Waals surface area (Å²) < 4.78 is 5.53. The van der Waals surface area contributed by atoms with Gasteiger partial charge in [-0.15, -0.1) is 0 Å². The fraction of sp³-hybridized carbons (Fsp3) is 0.571. The van der Waals surface area contributed by atoms with Crippen LogP contribution in [-0.2, 0) is 11.3 Å². The molecule has 1 aromatic heterocycles. The molecule has 1 aliphatic heterocycles. The summed E-state index contributed by atoms with van der Waals surface area (Å²) in [6, 6.07) is 1.65. The van der Waals surface area contributed by atoms with Gasteiger partial charge in [-0.25, -0.2) is 5.84 Å². The van der Waals surface area contributed by atoms with Crippen molar-refractivity contribution in [1.82, 2.24) is 10.3 Å². The Kier molecular flexibility index (Phi) is 4.13. The van der Waals surface area contributed by atoms with Crippen molar-refractivity contribution in [2.45, 2.75) is 33.7 Å². The van der Waals surface area contributed by atoms with Crippen LogP contribution in [-0.4, -0.2) is 23.3 Å². The van der Waals surface area contributed by atoms with Gasteiger partial charge >= 0.3 is 0 Å². The molecule has 110 valence electrons. The smallest absolute Gasteiger partial charge is 0.268 e. The van der Waals surface area contributed by atoms with Crippen LogP contribution < -0.4 is 11.3 Å². The molecule has 2 heterocycles. The SMILES string of the molecule is Cc1oc(CN2CC(C(C)C)CC2=O)cc1C(=O)NN. The first-order chi connectivity index (χ1) is 9.42. The highest BCUT2D eigenvalue weighted by molar-refractivity contribution is 5.94. The van der Waals surface area contributed by atoms with Crippen molar-refractivity contribution < 1.29 is 14.0 Å². The minimum atomic E-state index is -0.384. The number of carbonyl (C=O) groups is 2. The molecule has 0 spiro atoms. The first-order valence-corrected chi connectivity index (χ1v) is 6.80. The molecule has 0 radical (unpaired) electrons. The second kappa shape index (κ2) is 5.66. The van der Waals surface area contributed by atoms with Crippen molar-refractivity contribution in [1.29, 1.82) is 0 Å². The maximum absolute atomic E-state index is 12.0. The van der Waals surface area contributed by atoms with E-state index >= 15 is 0 Å². The normalized spacial score (nSPS) is 18.9. The van der Waals surface area contributed by atoms with Crippen LogP contribution in [0, 0.1) is 18.8 Å².